The number of rotatable bonds is 12. The van der Waals surface area contributed by atoms with Crippen molar-refractivity contribution in [3.05, 3.63) is 95.8 Å². The average molecular weight is 1030 g/mol. The van der Waals surface area contributed by atoms with Crippen molar-refractivity contribution in [1.82, 2.24) is 19.8 Å². The molecule has 0 spiro atoms. The number of carboxylic acids is 1. The van der Waals surface area contributed by atoms with E-state index in [1.807, 2.05) is 30.3 Å². The molecule has 0 saturated carbocycles. The number of carbonyl (C=O) groups excluding carboxylic acids is 5. The first-order chi connectivity index (χ1) is 35.0. The number of pyridine rings is 2. The van der Waals surface area contributed by atoms with Crippen molar-refractivity contribution in [2.75, 3.05) is 55.7 Å². The Morgan fingerprint density at radius 3 is 1.41 bits per heavy atom. The van der Waals surface area contributed by atoms with Crippen LogP contribution in [0.2, 0.25) is 0 Å². The number of fused-ring (bicyclic) bond motifs is 2. The van der Waals surface area contributed by atoms with E-state index in [9.17, 15) is 33.9 Å². The van der Waals surface area contributed by atoms with Gasteiger partial charge in [0.15, 0.2) is 0 Å². The maximum Gasteiger partial charge on any atom is 0.411 e. The number of hydrogen-bond acceptors (Lipinski definition) is 18. The molecule has 2 amide bonds. The molecule has 4 heterocycles. The molecule has 0 radical (unpaired) electrons. The van der Waals surface area contributed by atoms with E-state index >= 15 is 0 Å². The fraction of sp³-hybridized carbons (Fsp3) is 0.434. The molecule has 2 saturated heterocycles. The number of nitrogens with zero attached hydrogens (tertiary/aromatic N) is 4. The minimum absolute atomic E-state index is 0.0399. The molecule has 1 N–H and O–H groups in total. The first-order valence-electron chi connectivity index (χ1n) is 23.3. The number of benzene rings is 3. The van der Waals surface area contributed by atoms with Gasteiger partial charge in [0.2, 0.25) is 0 Å². The van der Waals surface area contributed by atoms with Crippen LogP contribution in [-0.2, 0) is 44.6 Å². The lowest BCUT2D eigenvalue weighted by atomic mass is 10.1. The summed E-state index contributed by atoms with van der Waals surface area (Å²) < 4.78 is 53.3. The first-order valence-corrected chi connectivity index (χ1v) is 23.3. The molecular formula is C53H64N4O17. The lowest BCUT2D eigenvalue weighted by Crippen LogP contribution is -2.44. The average Bonchev–Trinajstić information content (AvgIpc) is 4.00. The Labute approximate surface area is 428 Å². The number of likely N-dealkylation sites (tertiary alicyclic amines) is 2. The Balaban J connectivity index is 0.000000265. The van der Waals surface area contributed by atoms with Gasteiger partial charge in [0, 0.05) is 62.1 Å². The molecular weight excluding hydrogens is 965 g/mol. The lowest BCUT2D eigenvalue weighted by molar-refractivity contribution is -0.150. The van der Waals surface area contributed by atoms with Crippen molar-refractivity contribution in [2.45, 2.75) is 96.5 Å². The predicted molar refractivity (Wildman–Crippen MR) is 268 cm³/mol. The predicted octanol–water partition coefficient (Wildman–Crippen LogP) is 7.66. The van der Waals surface area contributed by atoms with Gasteiger partial charge in [-0.05, 0) is 71.4 Å². The van der Waals surface area contributed by atoms with Crippen LogP contribution in [0, 0.1) is 0 Å². The smallest absolute Gasteiger partial charge is 0.411 e. The van der Waals surface area contributed by atoms with Crippen LogP contribution in [0.4, 0.5) is 9.59 Å². The summed E-state index contributed by atoms with van der Waals surface area (Å²) in [6, 6.07) is 20.4. The lowest BCUT2D eigenvalue weighted by Gasteiger charge is -2.27. The van der Waals surface area contributed by atoms with Crippen LogP contribution < -0.4 is 18.9 Å². The summed E-state index contributed by atoms with van der Waals surface area (Å²) in [5.74, 6) is -1.10. The minimum atomic E-state index is -1.14. The maximum absolute atomic E-state index is 13.1. The third kappa shape index (κ3) is 15.3. The van der Waals surface area contributed by atoms with E-state index in [4.69, 9.17) is 42.6 Å². The van der Waals surface area contributed by atoms with E-state index in [-0.39, 0.29) is 43.9 Å². The third-order valence-corrected chi connectivity index (χ3v) is 10.9. The zero-order valence-corrected chi connectivity index (χ0v) is 43.6. The van der Waals surface area contributed by atoms with Gasteiger partial charge < -0.3 is 52.5 Å². The Hall–Kier alpha value is -7.94. The molecule has 398 valence electrons. The Kier molecular flexibility index (Phi) is 19.4. The maximum atomic E-state index is 13.1. The zero-order chi connectivity index (χ0) is 54.5. The van der Waals surface area contributed by atoms with Gasteiger partial charge in [0.05, 0.1) is 52.6 Å². The number of aromatic nitrogens is 2. The molecule has 21 heteroatoms. The summed E-state index contributed by atoms with van der Waals surface area (Å²) in [5.41, 5.74) is 0.504. The fourth-order valence-electron chi connectivity index (χ4n) is 7.67. The zero-order valence-electron chi connectivity index (χ0n) is 43.6. The molecule has 74 heavy (non-hydrogen) atoms. The molecule has 0 unspecified atom stereocenters. The second-order valence-corrected chi connectivity index (χ2v) is 18.8. The van der Waals surface area contributed by atoms with E-state index in [0.29, 0.717) is 44.8 Å². The van der Waals surface area contributed by atoms with Gasteiger partial charge in [0.1, 0.15) is 76.5 Å². The highest BCUT2D eigenvalue weighted by molar-refractivity contribution is 5.95. The second kappa shape index (κ2) is 25.1. The number of esters is 3. The molecule has 0 aliphatic carbocycles. The van der Waals surface area contributed by atoms with Crippen LogP contribution in [0.15, 0.2) is 78.9 Å². The molecule has 2 aromatic heterocycles. The Morgan fingerprint density at radius 1 is 0.595 bits per heavy atom. The molecule has 2 aliphatic heterocycles. The first kappa shape index (κ1) is 57.0. The van der Waals surface area contributed by atoms with Gasteiger partial charge >= 0.3 is 36.1 Å². The highest BCUT2D eigenvalue weighted by Crippen LogP contribution is 2.36. The van der Waals surface area contributed by atoms with Crippen LogP contribution in [0.1, 0.15) is 80.9 Å². The number of carbonyl (C=O) groups is 6. The van der Waals surface area contributed by atoms with Gasteiger partial charge in [-0.2, -0.15) is 0 Å². The summed E-state index contributed by atoms with van der Waals surface area (Å²) in [7, 11) is 8.79. The molecule has 4 atom stereocenters. The van der Waals surface area contributed by atoms with Gasteiger partial charge in [-0.1, -0.05) is 30.3 Å². The van der Waals surface area contributed by atoms with E-state index in [1.54, 1.807) is 98.2 Å². The van der Waals surface area contributed by atoms with Crippen molar-refractivity contribution in [2.24, 2.45) is 0 Å². The summed E-state index contributed by atoms with van der Waals surface area (Å²) in [6.45, 7) is 10.6. The summed E-state index contributed by atoms with van der Waals surface area (Å²) >= 11 is 0. The molecule has 2 fully saturated rings. The number of carboxylic acid groups (broad SMARTS) is 1. The minimum Gasteiger partial charge on any atom is -0.497 e. The van der Waals surface area contributed by atoms with Crippen LogP contribution >= 0.6 is 0 Å². The summed E-state index contributed by atoms with van der Waals surface area (Å²) in [4.78, 5) is 85.5. The third-order valence-electron chi connectivity index (χ3n) is 10.9. The summed E-state index contributed by atoms with van der Waals surface area (Å²) in [6.07, 6.45) is -2.21. The topological polar surface area (TPSA) is 247 Å². The standard InChI is InChI=1S/C29H32N2O8.C22H26N2O8.C2H6O/c1-29(2,3)39-28(34)31-16-20(14-24(31)27(33)37-17-18-9-7-6-8-10-18)38-25-15-19(35-4)13-23-21(25)11-12-22(30-23)26(32)36-5;1-22(2,3)32-21(28)24-11-13(9-17(24)19(25)26)31-18-10-12(29-4)8-16-14(18)6-7-15(23-16)20(27)30-5;1-3-2/h6-13,15,20,24H,14,16-17H2,1-5H3;6-8,10,13,17H,9,11H2,1-5H3,(H,25,26);1-2H3/t20-,24+;13-,17+;/m11./s1. The van der Waals surface area contributed by atoms with Crippen molar-refractivity contribution in [3.63, 3.8) is 0 Å². The van der Waals surface area contributed by atoms with E-state index in [0.717, 1.165) is 10.5 Å². The Morgan fingerprint density at radius 2 is 1.01 bits per heavy atom. The molecule has 0 bridgehead atoms. The summed E-state index contributed by atoms with van der Waals surface area (Å²) in [5, 5.41) is 10.8. The normalized spacial score (nSPS) is 17.1. The van der Waals surface area contributed by atoms with Crippen molar-refractivity contribution >= 4 is 57.9 Å². The monoisotopic (exact) mass is 1030 g/mol. The molecule has 3 aromatic carbocycles. The molecule has 5 aromatic rings. The van der Waals surface area contributed by atoms with Gasteiger partial charge in [-0.15, -0.1) is 0 Å². The van der Waals surface area contributed by atoms with Crippen LogP contribution in [-0.4, -0.2) is 152 Å². The van der Waals surface area contributed by atoms with Gasteiger partial charge in [-0.25, -0.2) is 38.7 Å². The number of hydrogen-bond donors (Lipinski definition) is 1. The highest BCUT2D eigenvalue weighted by atomic mass is 16.6. The quantitative estimate of drug-likeness (QED) is 0.0930. The molecule has 7 rings (SSSR count). The molecule has 2 aliphatic rings. The van der Waals surface area contributed by atoms with Crippen molar-refractivity contribution in [1.29, 1.82) is 0 Å². The fourth-order valence-corrected chi connectivity index (χ4v) is 7.67. The van der Waals surface area contributed by atoms with Crippen LogP contribution in [0.25, 0.3) is 21.8 Å². The highest BCUT2D eigenvalue weighted by Gasteiger charge is 2.45. The van der Waals surface area contributed by atoms with Gasteiger partial charge in [0.25, 0.3) is 0 Å². The van der Waals surface area contributed by atoms with Crippen molar-refractivity contribution < 1.29 is 81.2 Å². The Bertz CT molecular complexity index is 2790. The second-order valence-electron chi connectivity index (χ2n) is 18.8. The molecule has 21 nitrogen and oxygen atoms in total. The number of ether oxygens (including phenoxy) is 10. The van der Waals surface area contributed by atoms with E-state index < -0.39 is 71.6 Å². The van der Waals surface area contributed by atoms with Crippen molar-refractivity contribution in [3.8, 4) is 23.0 Å². The van der Waals surface area contributed by atoms with E-state index in [1.165, 1.54) is 39.4 Å². The van der Waals surface area contributed by atoms with E-state index in [2.05, 4.69) is 14.7 Å². The van der Waals surface area contributed by atoms with Gasteiger partial charge in [-0.3, -0.25) is 9.80 Å². The largest absolute Gasteiger partial charge is 0.497 e. The number of aliphatic carboxylic acids is 1. The van der Waals surface area contributed by atoms with Crippen LogP contribution in [0.5, 0.6) is 23.0 Å². The number of amides is 2. The van der Waals surface area contributed by atoms with Crippen LogP contribution in [0.3, 0.4) is 0 Å². The SMILES string of the molecule is COC.COC(=O)c1ccc2c(O[C@@H]3C[C@@H](C(=O)O)N(C(=O)OC(C)(C)C)C3)cc(OC)cc2n1.COC(=O)c1ccc2c(O[C@@H]3C[C@@H](C(=O)OCc4ccccc4)N(C(=O)OC(C)(C)C)C3)cc(OC)cc2n1. The number of methoxy groups -OCH3 is 5.